The highest BCUT2D eigenvalue weighted by molar-refractivity contribution is 6.00. The summed E-state index contributed by atoms with van der Waals surface area (Å²) in [5.74, 6) is -1.84. The molecule has 0 radical (unpaired) electrons. The molecule has 0 unspecified atom stereocenters. The van der Waals surface area contributed by atoms with Crippen LogP contribution in [-0.4, -0.2) is 41.9 Å². The van der Waals surface area contributed by atoms with E-state index in [9.17, 15) is 18.8 Å². The van der Waals surface area contributed by atoms with Crippen LogP contribution in [0.5, 0.6) is 0 Å². The van der Waals surface area contributed by atoms with Crippen LogP contribution >= 0.6 is 0 Å². The van der Waals surface area contributed by atoms with E-state index in [1.54, 1.807) is 12.1 Å². The number of nitrogens with one attached hydrogen (secondary N) is 2. The number of para-hydroxylation sites is 2. The molecule has 3 amide bonds. The van der Waals surface area contributed by atoms with Crippen LogP contribution in [0.4, 0.5) is 10.1 Å². The van der Waals surface area contributed by atoms with E-state index in [1.807, 2.05) is 41.9 Å². The van der Waals surface area contributed by atoms with E-state index in [0.717, 1.165) is 10.9 Å². The lowest BCUT2D eigenvalue weighted by Crippen LogP contribution is -2.38. The molecule has 1 aliphatic heterocycles. The summed E-state index contributed by atoms with van der Waals surface area (Å²) in [6.45, 7) is 0.622. The van der Waals surface area contributed by atoms with E-state index in [4.69, 9.17) is 0 Å². The Morgan fingerprint density at radius 2 is 1.77 bits per heavy atom. The first-order valence-corrected chi connectivity index (χ1v) is 10.1. The van der Waals surface area contributed by atoms with E-state index in [1.165, 1.54) is 17.0 Å². The highest BCUT2D eigenvalue weighted by Crippen LogP contribution is 2.27. The molecule has 2 aromatic carbocycles. The third kappa shape index (κ3) is 4.14. The van der Waals surface area contributed by atoms with Crippen molar-refractivity contribution in [3.05, 3.63) is 66.1 Å². The zero-order valence-electron chi connectivity index (χ0n) is 17.1. The van der Waals surface area contributed by atoms with Crippen LogP contribution in [0.25, 0.3) is 10.9 Å². The number of carbonyl (C=O) groups excluding carboxylic acids is 3. The average molecular weight is 422 g/mol. The fraction of sp³-hybridized carbons (Fsp3) is 0.261. The molecule has 0 saturated carbocycles. The van der Waals surface area contributed by atoms with Crippen molar-refractivity contribution in [1.29, 1.82) is 0 Å². The Balaban J connectivity index is 1.28. The molecule has 1 aromatic heterocycles. The number of benzene rings is 2. The molecule has 1 saturated heterocycles. The number of aryl methyl sites for hydroxylation is 1. The van der Waals surface area contributed by atoms with Crippen molar-refractivity contribution < 1.29 is 18.8 Å². The maximum atomic E-state index is 14.0. The molecule has 1 aliphatic rings. The molecule has 4 rings (SSSR count). The molecule has 0 aliphatic carbocycles. The Morgan fingerprint density at radius 1 is 1.06 bits per heavy atom. The predicted octanol–water partition coefficient (Wildman–Crippen LogP) is 2.22. The zero-order valence-corrected chi connectivity index (χ0v) is 17.1. The number of halogens is 1. The topological polar surface area (TPSA) is 83.4 Å². The summed E-state index contributed by atoms with van der Waals surface area (Å²) in [7, 11) is 1.83. The van der Waals surface area contributed by atoms with Gasteiger partial charge < -0.3 is 20.1 Å². The number of amides is 3. The van der Waals surface area contributed by atoms with Gasteiger partial charge in [0.1, 0.15) is 11.5 Å². The highest BCUT2D eigenvalue weighted by atomic mass is 19.1. The van der Waals surface area contributed by atoms with E-state index in [0.29, 0.717) is 5.69 Å². The van der Waals surface area contributed by atoms with Gasteiger partial charge in [0.25, 0.3) is 5.91 Å². The average Bonchev–Trinajstić information content (AvgIpc) is 3.32. The maximum Gasteiger partial charge on any atom is 0.267 e. The Labute approximate surface area is 178 Å². The smallest absolute Gasteiger partial charge is 0.267 e. The molecule has 7 nitrogen and oxygen atoms in total. The van der Waals surface area contributed by atoms with Crippen molar-refractivity contribution in [3.8, 4) is 0 Å². The Morgan fingerprint density at radius 3 is 2.55 bits per heavy atom. The number of fused-ring (bicyclic) bond motifs is 1. The molecule has 1 atom stereocenters. The molecular weight excluding hydrogens is 399 g/mol. The summed E-state index contributed by atoms with van der Waals surface area (Å²) in [6, 6.07) is 15.6. The molecule has 3 aromatic rings. The van der Waals surface area contributed by atoms with Crippen molar-refractivity contribution in [2.75, 3.05) is 24.5 Å². The van der Waals surface area contributed by atoms with Crippen molar-refractivity contribution in [2.24, 2.45) is 13.0 Å². The summed E-state index contributed by atoms with van der Waals surface area (Å²) in [5.41, 5.74) is 1.69. The lowest BCUT2D eigenvalue weighted by atomic mass is 10.1. The minimum absolute atomic E-state index is 0.0302. The largest absolute Gasteiger partial charge is 0.354 e. The third-order valence-electron chi connectivity index (χ3n) is 5.53. The van der Waals surface area contributed by atoms with Crippen LogP contribution in [-0.2, 0) is 16.6 Å². The van der Waals surface area contributed by atoms with E-state index in [-0.39, 0.29) is 49.5 Å². The van der Waals surface area contributed by atoms with Gasteiger partial charge in [0, 0.05) is 44.0 Å². The Kier molecular flexibility index (Phi) is 5.70. The van der Waals surface area contributed by atoms with E-state index in [2.05, 4.69) is 10.6 Å². The second-order valence-electron chi connectivity index (χ2n) is 7.55. The molecule has 31 heavy (non-hydrogen) atoms. The van der Waals surface area contributed by atoms with Gasteiger partial charge in [0.05, 0.1) is 11.6 Å². The SMILES string of the molecule is Cn1c(C(=O)NCCNC(=O)[C@H]2CC(=O)N(c3ccccc3F)C2)cc2ccccc21. The van der Waals surface area contributed by atoms with Crippen molar-refractivity contribution in [3.63, 3.8) is 0 Å². The fourth-order valence-corrected chi connectivity index (χ4v) is 3.89. The van der Waals surface area contributed by atoms with Gasteiger partial charge in [-0.15, -0.1) is 0 Å². The lowest BCUT2D eigenvalue weighted by molar-refractivity contribution is -0.126. The molecule has 0 spiro atoms. The van der Waals surface area contributed by atoms with Gasteiger partial charge >= 0.3 is 0 Å². The minimum atomic E-state index is -0.555. The fourth-order valence-electron chi connectivity index (χ4n) is 3.89. The molecule has 160 valence electrons. The normalized spacial score (nSPS) is 16.0. The summed E-state index contributed by atoms with van der Waals surface area (Å²) in [5, 5.41) is 6.52. The van der Waals surface area contributed by atoms with Crippen LogP contribution in [0.3, 0.4) is 0 Å². The standard InChI is InChI=1S/C23H23FN4O3/c1-27-18-8-4-2-6-15(18)12-20(27)23(31)26-11-10-25-22(30)16-13-21(29)28(14-16)19-9-5-3-7-17(19)24/h2-9,12,16H,10-11,13-14H2,1H3,(H,25,30)(H,26,31)/t16-/m0/s1. The predicted molar refractivity (Wildman–Crippen MR) is 115 cm³/mol. The van der Waals surface area contributed by atoms with Crippen LogP contribution in [0.2, 0.25) is 0 Å². The molecule has 2 heterocycles. The van der Waals surface area contributed by atoms with Gasteiger partial charge in [-0.05, 0) is 24.3 Å². The van der Waals surface area contributed by atoms with Crippen molar-refractivity contribution in [1.82, 2.24) is 15.2 Å². The van der Waals surface area contributed by atoms with Gasteiger partial charge in [-0.3, -0.25) is 14.4 Å². The van der Waals surface area contributed by atoms with E-state index < -0.39 is 11.7 Å². The van der Waals surface area contributed by atoms with Crippen molar-refractivity contribution in [2.45, 2.75) is 6.42 Å². The molecule has 2 N–H and O–H groups in total. The number of hydrogen-bond acceptors (Lipinski definition) is 3. The van der Waals surface area contributed by atoms with Crippen LogP contribution in [0, 0.1) is 11.7 Å². The first-order valence-electron chi connectivity index (χ1n) is 10.1. The van der Waals surface area contributed by atoms with E-state index >= 15 is 0 Å². The number of rotatable bonds is 6. The summed E-state index contributed by atoms with van der Waals surface area (Å²) >= 11 is 0. The quantitative estimate of drug-likeness (QED) is 0.598. The number of anilines is 1. The number of aromatic nitrogens is 1. The Bertz CT molecular complexity index is 1160. The first-order chi connectivity index (χ1) is 15.0. The van der Waals surface area contributed by atoms with Gasteiger partial charge in [0.2, 0.25) is 11.8 Å². The monoisotopic (exact) mass is 422 g/mol. The minimum Gasteiger partial charge on any atom is -0.354 e. The van der Waals surface area contributed by atoms with Crippen molar-refractivity contribution >= 4 is 34.3 Å². The highest BCUT2D eigenvalue weighted by Gasteiger charge is 2.35. The number of hydrogen-bond donors (Lipinski definition) is 2. The number of nitrogens with zero attached hydrogens (tertiary/aromatic N) is 2. The summed E-state index contributed by atoms with van der Waals surface area (Å²) in [6.07, 6.45) is 0.0302. The first kappa shape index (κ1) is 20.6. The van der Waals surface area contributed by atoms with Gasteiger partial charge in [-0.25, -0.2) is 4.39 Å². The van der Waals surface area contributed by atoms with Crippen LogP contribution in [0.1, 0.15) is 16.9 Å². The molecule has 0 bridgehead atoms. The molecular formula is C23H23FN4O3. The summed E-state index contributed by atoms with van der Waals surface area (Å²) < 4.78 is 15.8. The second-order valence-corrected chi connectivity index (χ2v) is 7.55. The van der Waals surface area contributed by atoms with Crippen LogP contribution in [0.15, 0.2) is 54.6 Å². The van der Waals surface area contributed by atoms with Gasteiger partial charge in [-0.2, -0.15) is 0 Å². The third-order valence-corrected chi connectivity index (χ3v) is 5.53. The number of carbonyl (C=O) groups is 3. The molecule has 8 heteroatoms. The second kappa shape index (κ2) is 8.59. The Hall–Kier alpha value is -3.68. The summed E-state index contributed by atoms with van der Waals surface area (Å²) in [4.78, 5) is 38.5. The molecule has 1 fully saturated rings. The maximum absolute atomic E-state index is 14.0. The zero-order chi connectivity index (χ0) is 22.0. The van der Waals surface area contributed by atoms with Gasteiger partial charge in [-0.1, -0.05) is 30.3 Å². The van der Waals surface area contributed by atoms with Crippen LogP contribution < -0.4 is 15.5 Å². The van der Waals surface area contributed by atoms with Gasteiger partial charge in [0.15, 0.2) is 0 Å². The lowest BCUT2D eigenvalue weighted by Gasteiger charge is -2.17.